The van der Waals surface area contributed by atoms with Crippen LogP contribution in [0.25, 0.3) is 0 Å². The molecule has 0 spiro atoms. The Bertz CT molecular complexity index is 725. The van der Waals surface area contributed by atoms with Gasteiger partial charge in [0.1, 0.15) is 11.6 Å². The van der Waals surface area contributed by atoms with E-state index in [1.807, 2.05) is 0 Å². The second-order valence-corrected chi connectivity index (χ2v) is 8.98. The number of amides is 5. The minimum absolute atomic E-state index is 0.286. The molecule has 3 saturated heterocycles. The number of carbonyl (C=O) groups excluding carboxylic acids is 4. The van der Waals surface area contributed by atoms with Gasteiger partial charge >= 0.3 is 12.1 Å². The number of piperidine rings is 1. The highest BCUT2D eigenvalue weighted by molar-refractivity contribution is 5.88. The van der Waals surface area contributed by atoms with E-state index in [1.165, 1.54) is 4.90 Å². The van der Waals surface area contributed by atoms with Gasteiger partial charge in [-0.05, 0) is 40.0 Å². The molecule has 2 N–H and O–H groups in total. The maximum Gasteiger partial charge on any atom is 0.410 e. The smallest absolute Gasteiger partial charge is 0.410 e. The Kier molecular flexibility index (Phi) is 6.90. The Morgan fingerprint density at radius 2 is 1.77 bits per heavy atom. The molecule has 0 aromatic heterocycles. The van der Waals surface area contributed by atoms with Crippen molar-refractivity contribution in [1.29, 1.82) is 0 Å². The maximum atomic E-state index is 12.4. The molecule has 0 aliphatic carbocycles. The molecule has 3 aliphatic rings. The number of nitrogens with one attached hydrogen (secondary N) is 1. The van der Waals surface area contributed by atoms with Gasteiger partial charge in [-0.3, -0.25) is 19.6 Å². The van der Waals surface area contributed by atoms with Gasteiger partial charge in [-0.15, -0.1) is 0 Å². The molecule has 0 aromatic carbocycles. The lowest BCUT2D eigenvalue weighted by molar-refractivity contribution is -0.147. The molecular formula is C19H31N5O7. The third kappa shape index (κ3) is 5.56. The predicted molar refractivity (Wildman–Crippen MR) is 106 cm³/mol. The Labute approximate surface area is 180 Å². The number of carbonyl (C=O) groups is 4. The van der Waals surface area contributed by atoms with E-state index >= 15 is 0 Å². The SMILES string of the molecule is CC(C)(C)OC(=O)N1CCCN(C(=O)CONC(=O)[C@@H]2CC[C@@H]3CN2C(=O)N3O)CC1. The summed E-state index contributed by atoms with van der Waals surface area (Å²) in [4.78, 5) is 58.6. The van der Waals surface area contributed by atoms with Gasteiger partial charge < -0.3 is 19.4 Å². The van der Waals surface area contributed by atoms with Gasteiger partial charge in [-0.2, -0.15) is 0 Å². The first-order chi connectivity index (χ1) is 14.6. The molecule has 2 atom stereocenters. The van der Waals surface area contributed by atoms with E-state index < -0.39 is 29.7 Å². The van der Waals surface area contributed by atoms with Gasteiger partial charge in [0, 0.05) is 32.7 Å². The van der Waals surface area contributed by atoms with Crippen molar-refractivity contribution < 1.29 is 34.0 Å². The van der Waals surface area contributed by atoms with Crippen molar-refractivity contribution >= 4 is 23.9 Å². The van der Waals surface area contributed by atoms with E-state index in [2.05, 4.69) is 5.48 Å². The van der Waals surface area contributed by atoms with Crippen LogP contribution < -0.4 is 5.48 Å². The van der Waals surface area contributed by atoms with Gasteiger partial charge in [0.2, 0.25) is 0 Å². The summed E-state index contributed by atoms with van der Waals surface area (Å²) in [6.45, 7) is 6.99. The van der Waals surface area contributed by atoms with Gasteiger partial charge in [0.05, 0.1) is 6.04 Å². The first-order valence-corrected chi connectivity index (χ1v) is 10.5. The van der Waals surface area contributed by atoms with Crippen LogP contribution in [-0.4, -0.2) is 106 Å². The lowest BCUT2D eigenvalue weighted by atomic mass is 10.0. The van der Waals surface area contributed by atoms with Crippen LogP contribution in [0.4, 0.5) is 9.59 Å². The predicted octanol–water partition coefficient (Wildman–Crippen LogP) is 0.161. The van der Waals surface area contributed by atoms with Crippen molar-refractivity contribution in [2.45, 2.75) is 57.7 Å². The van der Waals surface area contributed by atoms with Crippen LogP contribution in [0.5, 0.6) is 0 Å². The van der Waals surface area contributed by atoms with Crippen LogP contribution in [-0.2, 0) is 19.2 Å². The third-order valence-corrected chi connectivity index (χ3v) is 5.52. The normalized spacial score (nSPS) is 24.2. The molecule has 3 aliphatic heterocycles. The van der Waals surface area contributed by atoms with Crippen LogP contribution in [0.15, 0.2) is 0 Å². The van der Waals surface area contributed by atoms with E-state index in [4.69, 9.17) is 9.57 Å². The molecular weight excluding hydrogens is 410 g/mol. The standard InChI is InChI=1S/C19H31N5O7/c1-19(2,3)31-18(28)22-8-4-7-21(9-10-22)15(25)12-30-20-16(26)14-6-5-13-11-23(14)17(27)24(13)29/h13-14,29H,4-12H2,1-3H3,(H,20,26)/t13-,14+/m1/s1. The van der Waals surface area contributed by atoms with Crippen molar-refractivity contribution in [3.63, 3.8) is 0 Å². The summed E-state index contributed by atoms with van der Waals surface area (Å²) in [5.41, 5.74) is 1.66. The van der Waals surface area contributed by atoms with Crippen LogP contribution in [0.1, 0.15) is 40.0 Å². The molecule has 3 fully saturated rings. The first kappa shape index (κ1) is 23.1. The van der Waals surface area contributed by atoms with E-state index in [1.54, 1.807) is 30.6 Å². The second-order valence-electron chi connectivity index (χ2n) is 8.98. The zero-order valence-corrected chi connectivity index (χ0v) is 18.2. The molecule has 12 heteroatoms. The minimum atomic E-state index is -0.739. The second kappa shape index (κ2) is 9.27. The topological polar surface area (TPSA) is 132 Å². The summed E-state index contributed by atoms with van der Waals surface area (Å²) in [5.74, 6) is -0.837. The van der Waals surface area contributed by atoms with Crippen LogP contribution in [0.2, 0.25) is 0 Å². The quantitative estimate of drug-likeness (QED) is 0.469. The number of urea groups is 1. The molecule has 0 saturated carbocycles. The van der Waals surface area contributed by atoms with Crippen molar-refractivity contribution in [3.8, 4) is 0 Å². The molecule has 2 bridgehead atoms. The number of nitrogens with zero attached hydrogens (tertiary/aromatic N) is 4. The minimum Gasteiger partial charge on any atom is -0.444 e. The number of rotatable bonds is 4. The first-order valence-electron chi connectivity index (χ1n) is 10.5. The molecule has 31 heavy (non-hydrogen) atoms. The van der Waals surface area contributed by atoms with E-state index in [0.29, 0.717) is 50.5 Å². The largest absolute Gasteiger partial charge is 0.444 e. The zero-order chi connectivity index (χ0) is 22.8. The van der Waals surface area contributed by atoms with Crippen LogP contribution >= 0.6 is 0 Å². The summed E-state index contributed by atoms with van der Waals surface area (Å²) < 4.78 is 5.38. The maximum absolute atomic E-state index is 12.4. The molecule has 0 radical (unpaired) electrons. The van der Waals surface area contributed by atoms with E-state index in [-0.39, 0.29) is 25.1 Å². The third-order valence-electron chi connectivity index (χ3n) is 5.52. The average molecular weight is 441 g/mol. The Balaban J connectivity index is 1.41. The monoisotopic (exact) mass is 441 g/mol. The molecule has 0 unspecified atom stereocenters. The molecule has 12 nitrogen and oxygen atoms in total. The highest BCUT2D eigenvalue weighted by Crippen LogP contribution is 2.28. The summed E-state index contributed by atoms with van der Waals surface area (Å²) in [5, 5.41) is 10.4. The molecule has 174 valence electrons. The summed E-state index contributed by atoms with van der Waals surface area (Å²) in [6, 6.07) is -1.63. The van der Waals surface area contributed by atoms with Crippen molar-refractivity contribution in [2.75, 3.05) is 39.3 Å². The fraction of sp³-hybridized carbons (Fsp3) is 0.789. The zero-order valence-electron chi connectivity index (χ0n) is 18.2. The van der Waals surface area contributed by atoms with Gasteiger partial charge in [0.25, 0.3) is 11.8 Å². The lowest BCUT2D eigenvalue weighted by Crippen LogP contribution is -2.50. The fourth-order valence-electron chi connectivity index (χ4n) is 3.93. The van der Waals surface area contributed by atoms with Crippen LogP contribution in [0, 0.1) is 0 Å². The highest BCUT2D eigenvalue weighted by Gasteiger charge is 2.46. The number of hydrogen-bond acceptors (Lipinski definition) is 7. The van der Waals surface area contributed by atoms with Crippen molar-refractivity contribution in [3.05, 3.63) is 0 Å². The van der Waals surface area contributed by atoms with E-state index in [0.717, 1.165) is 0 Å². The fourth-order valence-corrected chi connectivity index (χ4v) is 3.93. The van der Waals surface area contributed by atoms with Crippen LogP contribution in [0.3, 0.4) is 0 Å². The van der Waals surface area contributed by atoms with Gasteiger partial charge in [0.15, 0.2) is 6.61 Å². The number of hydrogen-bond donors (Lipinski definition) is 2. The summed E-state index contributed by atoms with van der Waals surface area (Å²) in [6.07, 6.45) is 1.12. The van der Waals surface area contributed by atoms with Gasteiger partial charge in [-0.1, -0.05) is 0 Å². The van der Waals surface area contributed by atoms with Gasteiger partial charge in [-0.25, -0.2) is 20.1 Å². The average Bonchev–Trinajstić information content (AvgIpc) is 2.89. The Morgan fingerprint density at radius 1 is 1.10 bits per heavy atom. The number of ether oxygens (including phenoxy) is 1. The van der Waals surface area contributed by atoms with Crippen molar-refractivity contribution in [2.24, 2.45) is 0 Å². The summed E-state index contributed by atoms with van der Waals surface area (Å²) in [7, 11) is 0. The molecule has 0 aromatic rings. The number of fused-ring (bicyclic) bond motifs is 2. The highest BCUT2D eigenvalue weighted by atomic mass is 16.7. The number of hydroxylamine groups is 3. The molecule has 3 rings (SSSR count). The Morgan fingerprint density at radius 3 is 2.48 bits per heavy atom. The molecule has 5 amide bonds. The summed E-state index contributed by atoms with van der Waals surface area (Å²) >= 11 is 0. The van der Waals surface area contributed by atoms with E-state index in [9.17, 15) is 24.4 Å². The Hall–Kier alpha value is -2.60. The molecule has 3 heterocycles. The van der Waals surface area contributed by atoms with Crippen molar-refractivity contribution in [1.82, 2.24) is 25.2 Å². The lowest BCUT2D eigenvalue weighted by Gasteiger charge is -2.29.